The molecule has 0 aliphatic carbocycles. The summed E-state index contributed by atoms with van der Waals surface area (Å²) in [5.74, 6) is 0.198. The molecule has 0 unspecified atom stereocenters. The Balaban J connectivity index is 1.51. The maximum atomic E-state index is 12.3. The smallest absolute Gasteiger partial charge is 0.262 e. The van der Waals surface area contributed by atoms with Gasteiger partial charge in [0.1, 0.15) is 5.75 Å². The van der Waals surface area contributed by atoms with Crippen LogP contribution in [-0.4, -0.2) is 37.7 Å². The number of rotatable bonds is 7. The van der Waals surface area contributed by atoms with Crippen LogP contribution < -0.4 is 15.4 Å². The van der Waals surface area contributed by atoms with Crippen molar-refractivity contribution in [2.24, 2.45) is 0 Å². The minimum Gasteiger partial charge on any atom is -0.484 e. The minimum atomic E-state index is -0.281. The van der Waals surface area contributed by atoms with Gasteiger partial charge in [-0.15, -0.1) is 0 Å². The summed E-state index contributed by atoms with van der Waals surface area (Å²) in [6, 6.07) is 12.7. The Morgan fingerprint density at radius 3 is 2.64 bits per heavy atom. The van der Waals surface area contributed by atoms with E-state index in [0.29, 0.717) is 23.5 Å². The third-order valence-corrected chi connectivity index (χ3v) is 4.49. The van der Waals surface area contributed by atoms with Crippen LogP contribution in [0, 0.1) is 13.8 Å². The second-order valence-corrected chi connectivity index (χ2v) is 7.09. The molecular formula is C22H26N2O4. The van der Waals surface area contributed by atoms with Crippen molar-refractivity contribution in [3.05, 3.63) is 59.2 Å². The molecule has 6 heteroatoms. The Labute approximate surface area is 165 Å². The molecular weight excluding hydrogens is 356 g/mol. The molecule has 2 amide bonds. The van der Waals surface area contributed by atoms with E-state index in [-0.39, 0.29) is 24.5 Å². The molecule has 1 fully saturated rings. The van der Waals surface area contributed by atoms with Gasteiger partial charge in [0.2, 0.25) is 0 Å². The van der Waals surface area contributed by atoms with Crippen LogP contribution in [-0.2, 0) is 9.53 Å². The zero-order valence-electron chi connectivity index (χ0n) is 16.3. The lowest BCUT2D eigenvalue weighted by Gasteiger charge is -2.12. The molecule has 0 radical (unpaired) electrons. The number of ether oxygens (including phenoxy) is 2. The summed E-state index contributed by atoms with van der Waals surface area (Å²) >= 11 is 0. The molecule has 0 saturated carbocycles. The van der Waals surface area contributed by atoms with Crippen molar-refractivity contribution < 1.29 is 19.1 Å². The minimum absolute atomic E-state index is 0.0919. The van der Waals surface area contributed by atoms with Gasteiger partial charge in [-0.3, -0.25) is 9.59 Å². The quantitative estimate of drug-likeness (QED) is 0.771. The third-order valence-electron chi connectivity index (χ3n) is 4.49. The summed E-state index contributed by atoms with van der Waals surface area (Å²) < 4.78 is 11.1. The summed E-state index contributed by atoms with van der Waals surface area (Å²) in [5, 5.41) is 5.64. The van der Waals surface area contributed by atoms with Crippen molar-refractivity contribution >= 4 is 17.5 Å². The Morgan fingerprint density at radius 2 is 1.93 bits per heavy atom. The number of hydrogen-bond donors (Lipinski definition) is 2. The summed E-state index contributed by atoms with van der Waals surface area (Å²) in [7, 11) is 0. The van der Waals surface area contributed by atoms with Crippen LogP contribution in [0.5, 0.6) is 5.75 Å². The summed E-state index contributed by atoms with van der Waals surface area (Å²) in [6.07, 6.45) is 2.09. The van der Waals surface area contributed by atoms with Gasteiger partial charge in [-0.25, -0.2) is 0 Å². The second-order valence-electron chi connectivity index (χ2n) is 7.09. The first-order valence-corrected chi connectivity index (χ1v) is 9.50. The first-order chi connectivity index (χ1) is 13.5. The lowest BCUT2D eigenvalue weighted by molar-refractivity contribution is -0.118. The number of benzene rings is 2. The molecule has 148 valence electrons. The Hall–Kier alpha value is -2.86. The van der Waals surface area contributed by atoms with Crippen LogP contribution in [0.1, 0.15) is 34.3 Å². The Morgan fingerprint density at radius 1 is 1.14 bits per heavy atom. The number of anilines is 1. The highest BCUT2D eigenvalue weighted by Gasteiger charge is 2.17. The normalized spacial score (nSPS) is 15.9. The highest BCUT2D eigenvalue weighted by Crippen LogP contribution is 2.17. The molecule has 2 aromatic rings. The standard InChI is InChI=1S/C22H26N2O4/c1-15-9-16(2)11-20(10-15)28-14-21(25)24-18-6-3-5-17(12-18)22(26)23-13-19-7-4-8-27-19/h3,5-6,9-12,19H,4,7-8,13-14H2,1-2H3,(H,23,26)(H,24,25)/t19-/m1/s1. The van der Waals surface area contributed by atoms with E-state index in [9.17, 15) is 9.59 Å². The van der Waals surface area contributed by atoms with Crippen LogP contribution >= 0.6 is 0 Å². The van der Waals surface area contributed by atoms with Crippen LogP contribution in [0.25, 0.3) is 0 Å². The monoisotopic (exact) mass is 382 g/mol. The maximum Gasteiger partial charge on any atom is 0.262 e. The van der Waals surface area contributed by atoms with Gasteiger partial charge in [0, 0.05) is 24.4 Å². The third kappa shape index (κ3) is 5.82. The van der Waals surface area contributed by atoms with E-state index in [1.807, 2.05) is 32.0 Å². The highest BCUT2D eigenvalue weighted by molar-refractivity contribution is 5.97. The number of hydrogen-bond acceptors (Lipinski definition) is 4. The van der Waals surface area contributed by atoms with Crippen LogP contribution in [0.3, 0.4) is 0 Å². The largest absolute Gasteiger partial charge is 0.484 e. The highest BCUT2D eigenvalue weighted by atomic mass is 16.5. The fourth-order valence-corrected chi connectivity index (χ4v) is 3.21. The molecule has 28 heavy (non-hydrogen) atoms. The predicted octanol–water partition coefficient (Wildman–Crippen LogP) is 3.23. The van der Waals surface area contributed by atoms with Crippen molar-refractivity contribution in [1.82, 2.24) is 5.32 Å². The van der Waals surface area contributed by atoms with Crippen molar-refractivity contribution in [2.45, 2.75) is 32.8 Å². The summed E-state index contributed by atoms with van der Waals surface area (Å²) in [6.45, 7) is 5.12. The molecule has 2 N–H and O–H groups in total. The van der Waals surface area contributed by atoms with E-state index >= 15 is 0 Å². The molecule has 1 aliphatic heterocycles. The summed E-state index contributed by atoms with van der Waals surface area (Å²) in [5.41, 5.74) is 3.21. The van der Waals surface area contributed by atoms with Crippen LogP contribution in [0.2, 0.25) is 0 Å². The van der Waals surface area contributed by atoms with E-state index in [2.05, 4.69) is 10.6 Å². The first-order valence-electron chi connectivity index (χ1n) is 9.50. The Bertz CT molecular complexity index is 824. The number of carbonyl (C=O) groups excluding carboxylic acids is 2. The molecule has 2 aromatic carbocycles. The fourth-order valence-electron chi connectivity index (χ4n) is 3.21. The van der Waals surface area contributed by atoms with Crippen LogP contribution in [0.15, 0.2) is 42.5 Å². The number of amides is 2. The van der Waals surface area contributed by atoms with E-state index in [1.165, 1.54) is 0 Å². The van der Waals surface area contributed by atoms with Crippen molar-refractivity contribution in [3.8, 4) is 5.75 Å². The number of carbonyl (C=O) groups is 2. The zero-order chi connectivity index (χ0) is 19.9. The van der Waals surface area contributed by atoms with Gasteiger partial charge in [-0.1, -0.05) is 12.1 Å². The van der Waals surface area contributed by atoms with Crippen molar-refractivity contribution in [1.29, 1.82) is 0 Å². The average Bonchev–Trinajstić information content (AvgIpc) is 3.17. The molecule has 3 rings (SSSR count). The van der Waals surface area contributed by atoms with Gasteiger partial charge in [0.05, 0.1) is 6.10 Å². The molecule has 1 aliphatic rings. The fraction of sp³-hybridized carbons (Fsp3) is 0.364. The van der Waals surface area contributed by atoms with E-state index in [4.69, 9.17) is 9.47 Å². The topological polar surface area (TPSA) is 76.7 Å². The van der Waals surface area contributed by atoms with Gasteiger partial charge < -0.3 is 20.1 Å². The molecule has 0 bridgehead atoms. The van der Waals surface area contributed by atoms with E-state index in [1.54, 1.807) is 24.3 Å². The second kappa shape index (κ2) is 9.37. The molecule has 1 saturated heterocycles. The molecule has 1 atom stereocenters. The van der Waals surface area contributed by atoms with Gasteiger partial charge in [-0.05, 0) is 68.1 Å². The Kier molecular flexibility index (Phi) is 6.66. The molecule has 0 spiro atoms. The van der Waals surface area contributed by atoms with Gasteiger partial charge >= 0.3 is 0 Å². The van der Waals surface area contributed by atoms with Gasteiger partial charge in [0.25, 0.3) is 11.8 Å². The van der Waals surface area contributed by atoms with Crippen molar-refractivity contribution in [3.63, 3.8) is 0 Å². The average molecular weight is 382 g/mol. The van der Waals surface area contributed by atoms with Crippen molar-refractivity contribution in [2.75, 3.05) is 25.1 Å². The predicted molar refractivity (Wildman–Crippen MR) is 108 cm³/mol. The summed E-state index contributed by atoms with van der Waals surface area (Å²) in [4.78, 5) is 24.5. The molecule has 1 heterocycles. The molecule has 0 aromatic heterocycles. The van der Waals surface area contributed by atoms with E-state index in [0.717, 1.165) is 30.6 Å². The lowest BCUT2D eigenvalue weighted by Crippen LogP contribution is -2.31. The number of nitrogens with one attached hydrogen (secondary N) is 2. The zero-order valence-corrected chi connectivity index (χ0v) is 16.3. The number of aryl methyl sites for hydroxylation is 2. The molecule has 6 nitrogen and oxygen atoms in total. The SMILES string of the molecule is Cc1cc(C)cc(OCC(=O)Nc2cccc(C(=O)NC[C@H]3CCCO3)c2)c1. The maximum absolute atomic E-state index is 12.3. The lowest BCUT2D eigenvalue weighted by atomic mass is 10.1. The van der Waals surface area contributed by atoms with Crippen LogP contribution in [0.4, 0.5) is 5.69 Å². The van der Waals surface area contributed by atoms with Gasteiger partial charge in [0.15, 0.2) is 6.61 Å². The van der Waals surface area contributed by atoms with Gasteiger partial charge in [-0.2, -0.15) is 0 Å². The first kappa shape index (κ1) is 19.9. The van der Waals surface area contributed by atoms with E-state index < -0.39 is 0 Å².